The Morgan fingerprint density at radius 2 is 1.33 bits per heavy atom. The standard InChI is InChI=1S/C31H27NO/c1-2-3-7-25-16-21-29-30(22-25)33-31(32-29)28-19-14-24(15-20-28)11-10-23-12-17-27(18-13-23)26-8-5-4-6-9-26/h4-6,8-22H,2-3,7H2,1H3. The number of nitrogens with zero attached hydrogens (tertiary/aromatic N) is 1. The number of oxazole rings is 1. The SMILES string of the molecule is CCCCc1ccc2nc(-c3ccc(C=Cc4ccc(-c5ccccc5)cc4)cc3)oc2c1. The molecule has 0 bridgehead atoms. The maximum atomic E-state index is 6.06. The first-order chi connectivity index (χ1) is 16.3. The lowest BCUT2D eigenvalue weighted by molar-refractivity contribution is 0.619. The van der Waals surface area contributed by atoms with E-state index in [2.05, 4.69) is 115 Å². The molecular weight excluding hydrogens is 402 g/mol. The van der Waals surface area contributed by atoms with Gasteiger partial charge in [-0.15, -0.1) is 0 Å². The fourth-order valence-electron chi connectivity index (χ4n) is 3.98. The highest BCUT2D eigenvalue weighted by Gasteiger charge is 2.09. The number of benzene rings is 4. The minimum atomic E-state index is 0.671. The number of unbranched alkanes of at least 4 members (excludes halogenated alkanes) is 1. The van der Waals surface area contributed by atoms with Crippen LogP contribution in [0.15, 0.2) is 101 Å². The topological polar surface area (TPSA) is 26.0 Å². The van der Waals surface area contributed by atoms with Crippen molar-refractivity contribution in [3.05, 3.63) is 114 Å². The van der Waals surface area contributed by atoms with Gasteiger partial charge in [0.15, 0.2) is 5.58 Å². The van der Waals surface area contributed by atoms with E-state index in [4.69, 9.17) is 4.42 Å². The van der Waals surface area contributed by atoms with E-state index in [1.54, 1.807) is 0 Å². The smallest absolute Gasteiger partial charge is 0.227 e. The molecule has 0 fully saturated rings. The third kappa shape index (κ3) is 4.96. The zero-order valence-electron chi connectivity index (χ0n) is 18.9. The second-order valence-electron chi connectivity index (χ2n) is 8.37. The van der Waals surface area contributed by atoms with Gasteiger partial charge in [0.1, 0.15) is 5.52 Å². The van der Waals surface area contributed by atoms with Gasteiger partial charge in [-0.05, 0) is 64.9 Å². The third-order valence-corrected chi connectivity index (χ3v) is 5.92. The number of hydrogen-bond donors (Lipinski definition) is 0. The van der Waals surface area contributed by atoms with Crippen LogP contribution in [0.2, 0.25) is 0 Å². The molecule has 5 rings (SSSR count). The summed E-state index contributed by atoms with van der Waals surface area (Å²) in [5.41, 5.74) is 8.86. The highest BCUT2D eigenvalue weighted by atomic mass is 16.3. The quantitative estimate of drug-likeness (QED) is 0.242. The van der Waals surface area contributed by atoms with E-state index < -0.39 is 0 Å². The average molecular weight is 430 g/mol. The third-order valence-electron chi connectivity index (χ3n) is 5.92. The Morgan fingerprint density at radius 3 is 2.00 bits per heavy atom. The van der Waals surface area contributed by atoms with Gasteiger partial charge >= 0.3 is 0 Å². The summed E-state index contributed by atoms with van der Waals surface area (Å²) in [6.07, 6.45) is 7.74. The number of hydrogen-bond acceptors (Lipinski definition) is 2. The highest BCUT2D eigenvalue weighted by Crippen LogP contribution is 2.26. The number of fused-ring (bicyclic) bond motifs is 1. The summed E-state index contributed by atoms with van der Waals surface area (Å²) >= 11 is 0. The van der Waals surface area contributed by atoms with Gasteiger partial charge in [-0.25, -0.2) is 4.98 Å². The molecule has 2 heteroatoms. The summed E-state index contributed by atoms with van der Waals surface area (Å²) in [5, 5.41) is 0. The van der Waals surface area contributed by atoms with Crippen molar-refractivity contribution >= 4 is 23.3 Å². The summed E-state index contributed by atoms with van der Waals surface area (Å²) < 4.78 is 6.06. The molecule has 0 unspecified atom stereocenters. The van der Waals surface area contributed by atoms with Crippen LogP contribution < -0.4 is 0 Å². The molecule has 5 aromatic rings. The first-order valence-corrected chi connectivity index (χ1v) is 11.6. The van der Waals surface area contributed by atoms with E-state index in [-0.39, 0.29) is 0 Å². The molecule has 0 saturated heterocycles. The van der Waals surface area contributed by atoms with Crippen LogP contribution in [-0.4, -0.2) is 4.98 Å². The summed E-state index contributed by atoms with van der Waals surface area (Å²) in [7, 11) is 0. The molecule has 0 amide bonds. The molecule has 0 aliphatic heterocycles. The minimum absolute atomic E-state index is 0.671. The molecule has 0 radical (unpaired) electrons. The van der Waals surface area contributed by atoms with Gasteiger partial charge in [-0.1, -0.05) is 98.3 Å². The number of aryl methyl sites for hydroxylation is 1. The molecular formula is C31H27NO. The van der Waals surface area contributed by atoms with Crippen LogP contribution in [0.1, 0.15) is 36.5 Å². The molecule has 33 heavy (non-hydrogen) atoms. The predicted molar refractivity (Wildman–Crippen MR) is 139 cm³/mol. The van der Waals surface area contributed by atoms with Gasteiger partial charge in [0.2, 0.25) is 5.89 Å². The van der Waals surface area contributed by atoms with Crippen molar-refractivity contribution in [3.8, 4) is 22.6 Å². The monoisotopic (exact) mass is 429 g/mol. The molecule has 0 saturated carbocycles. The fraction of sp³-hybridized carbons (Fsp3) is 0.129. The van der Waals surface area contributed by atoms with Gasteiger partial charge in [0.25, 0.3) is 0 Å². The van der Waals surface area contributed by atoms with Crippen molar-refractivity contribution in [3.63, 3.8) is 0 Å². The summed E-state index contributed by atoms with van der Waals surface area (Å²) in [6.45, 7) is 2.21. The molecule has 2 nitrogen and oxygen atoms in total. The van der Waals surface area contributed by atoms with Crippen molar-refractivity contribution < 1.29 is 4.42 Å². The largest absolute Gasteiger partial charge is 0.436 e. The Kier molecular flexibility index (Phi) is 6.16. The van der Waals surface area contributed by atoms with Crippen molar-refractivity contribution in [2.75, 3.05) is 0 Å². The predicted octanol–water partition coefficient (Wildman–Crippen LogP) is 8.67. The lowest BCUT2D eigenvalue weighted by atomic mass is 10.0. The normalized spacial score (nSPS) is 11.4. The average Bonchev–Trinajstić information content (AvgIpc) is 3.31. The summed E-state index contributed by atoms with van der Waals surface area (Å²) in [4.78, 5) is 4.68. The first-order valence-electron chi connectivity index (χ1n) is 11.6. The van der Waals surface area contributed by atoms with Gasteiger partial charge in [-0.2, -0.15) is 0 Å². The zero-order valence-corrected chi connectivity index (χ0v) is 18.9. The van der Waals surface area contributed by atoms with Gasteiger partial charge in [0, 0.05) is 5.56 Å². The lowest BCUT2D eigenvalue weighted by Gasteiger charge is -2.02. The molecule has 1 heterocycles. The van der Waals surface area contributed by atoms with Gasteiger partial charge < -0.3 is 4.42 Å². The molecule has 0 spiro atoms. The van der Waals surface area contributed by atoms with Crippen molar-refractivity contribution in [1.29, 1.82) is 0 Å². The second kappa shape index (κ2) is 9.70. The molecule has 0 atom stereocenters. The maximum absolute atomic E-state index is 6.06. The van der Waals surface area contributed by atoms with E-state index in [0.717, 1.165) is 28.6 Å². The molecule has 4 aromatic carbocycles. The van der Waals surface area contributed by atoms with E-state index >= 15 is 0 Å². The van der Waals surface area contributed by atoms with Crippen LogP contribution in [0.3, 0.4) is 0 Å². The van der Waals surface area contributed by atoms with E-state index in [1.165, 1.54) is 35.1 Å². The van der Waals surface area contributed by atoms with Crippen molar-refractivity contribution in [2.45, 2.75) is 26.2 Å². The lowest BCUT2D eigenvalue weighted by Crippen LogP contribution is -1.83. The van der Waals surface area contributed by atoms with E-state index in [0.29, 0.717) is 5.89 Å². The van der Waals surface area contributed by atoms with Crippen LogP contribution in [-0.2, 0) is 6.42 Å². The molecule has 0 aliphatic rings. The van der Waals surface area contributed by atoms with Crippen LogP contribution in [0.25, 0.3) is 45.8 Å². The second-order valence-corrected chi connectivity index (χ2v) is 8.37. The molecule has 162 valence electrons. The van der Waals surface area contributed by atoms with Crippen LogP contribution >= 0.6 is 0 Å². The Bertz CT molecular complexity index is 1360. The highest BCUT2D eigenvalue weighted by molar-refractivity contribution is 5.78. The number of aromatic nitrogens is 1. The first kappa shape index (κ1) is 21.0. The Morgan fingerprint density at radius 1 is 0.697 bits per heavy atom. The Labute approximate surface area is 195 Å². The molecule has 0 aliphatic carbocycles. The zero-order chi connectivity index (χ0) is 22.5. The van der Waals surface area contributed by atoms with E-state index in [9.17, 15) is 0 Å². The van der Waals surface area contributed by atoms with E-state index in [1.807, 2.05) is 6.07 Å². The van der Waals surface area contributed by atoms with Crippen LogP contribution in [0.4, 0.5) is 0 Å². The summed E-state index contributed by atoms with van der Waals surface area (Å²) in [5.74, 6) is 0.671. The van der Waals surface area contributed by atoms with Crippen molar-refractivity contribution in [2.24, 2.45) is 0 Å². The Hall–Kier alpha value is -3.91. The van der Waals surface area contributed by atoms with Gasteiger partial charge in [-0.3, -0.25) is 0 Å². The minimum Gasteiger partial charge on any atom is -0.436 e. The number of rotatable bonds is 7. The molecule has 1 aromatic heterocycles. The fourth-order valence-corrected chi connectivity index (χ4v) is 3.98. The summed E-state index contributed by atoms with van der Waals surface area (Å²) in [6, 6.07) is 33.8. The Balaban J connectivity index is 1.29. The van der Waals surface area contributed by atoms with Crippen molar-refractivity contribution in [1.82, 2.24) is 4.98 Å². The van der Waals surface area contributed by atoms with Crippen LogP contribution in [0.5, 0.6) is 0 Å². The van der Waals surface area contributed by atoms with Gasteiger partial charge in [0.05, 0.1) is 0 Å². The van der Waals surface area contributed by atoms with Crippen LogP contribution in [0, 0.1) is 0 Å². The molecule has 0 N–H and O–H groups in total. The maximum Gasteiger partial charge on any atom is 0.227 e.